The molecule has 0 aliphatic carbocycles. The van der Waals surface area contributed by atoms with Gasteiger partial charge in [-0.1, -0.05) is 11.6 Å². The van der Waals surface area contributed by atoms with Crippen molar-refractivity contribution < 1.29 is 13.7 Å². The Morgan fingerprint density at radius 3 is 2.64 bits per heavy atom. The third-order valence-electron chi connectivity index (χ3n) is 1.56. The summed E-state index contributed by atoms with van der Waals surface area (Å²) >= 11 is 5.50. The van der Waals surface area contributed by atoms with Crippen LogP contribution in [0.4, 0.5) is 14.6 Å². The van der Waals surface area contributed by atoms with Crippen molar-refractivity contribution >= 4 is 17.4 Å². The van der Waals surface area contributed by atoms with E-state index >= 15 is 0 Å². The maximum atomic E-state index is 12.3. The molecule has 0 aliphatic rings. The molecule has 0 radical (unpaired) electrons. The van der Waals surface area contributed by atoms with Gasteiger partial charge in [0, 0.05) is 18.6 Å². The molecule has 76 valence electrons. The summed E-state index contributed by atoms with van der Waals surface area (Å²) in [5, 5.41) is 10.1. The zero-order chi connectivity index (χ0) is 10.9. The molecule has 1 rings (SSSR count). The molecular formula is C7H5ClF2N2O2. The van der Waals surface area contributed by atoms with Crippen LogP contribution in [0.5, 0.6) is 0 Å². The van der Waals surface area contributed by atoms with Crippen molar-refractivity contribution in [2.75, 3.05) is 0 Å². The van der Waals surface area contributed by atoms with Crippen molar-refractivity contribution in [2.24, 2.45) is 0 Å². The number of hydrogen-bond donors (Lipinski definition) is 0. The Kier molecular flexibility index (Phi) is 2.95. The highest BCUT2D eigenvalue weighted by Gasteiger charge is 2.21. The quantitative estimate of drug-likeness (QED) is 0.571. The fraction of sp³-hybridized carbons (Fsp3) is 0.286. The molecule has 0 atom stereocenters. The van der Waals surface area contributed by atoms with Gasteiger partial charge in [-0.3, -0.25) is 0 Å². The lowest BCUT2D eigenvalue weighted by molar-refractivity contribution is -0.389. The number of nitro groups is 1. The summed E-state index contributed by atoms with van der Waals surface area (Å²) in [7, 11) is 0. The van der Waals surface area contributed by atoms with Crippen LogP contribution in [-0.4, -0.2) is 9.91 Å². The summed E-state index contributed by atoms with van der Waals surface area (Å²) in [5.74, 6) is -0.623. The van der Waals surface area contributed by atoms with Gasteiger partial charge >= 0.3 is 5.82 Å². The van der Waals surface area contributed by atoms with Gasteiger partial charge in [0.15, 0.2) is 5.69 Å². The largest absolute Gasteiger partial charge is 0.364 e. The van der Waals surface area contributed by atoms with E-state index < -0.39 is 22.7 Å². The number of aromatic nitrogens is 1. The van der Waals surface area contributed by atoms with Gasteiger partial charge in [0.25, 0.3) is 6.43 Å². The van der Waals surface area contributed by atoms with Crippen molar-refractivity contribution in [3.05, 3.63) is 32.5 Å². The lowest BCUT2D eigenvalue weighted by Gasteiger charge is -2.02. The molecule has 0 fully saturated rings. The third kappa shape index (κ3) is 1.95. The van der Waals surface area contributed by atoms with Crippen LogP contribution < -0.4 is 0 Å². The smallest absolute Gasteiger partial charge is 0.358 e. The van der Waals surface area contributed by atoms with Gasteiger partial charge in [-0.25, -0.2) is 8.78 Å². The monoisotopic (exact) mass is 222 g/mol. The summed E-state index contributed by atoms with van der Waals surface area (Å²) in [5.41, 5.74) is -0.540. The van der Waals surface area contributed by atoms with Crippen molar-refractivity contribution in [3.8, 4) is 0 Å². The van der Waals surface area contributed by atoms with Gasteiger partial charge < -0.3 is 10.1 Å². The molecule has 0 aliphatic heterocycles. The summed E-state index contributed by atoms with van der Waals surface area (Å²) in [4.78, 5) is 12.9. The van der Waals surface area contributed by atoms with E-state index in [4.69, 9.17) is 11.6 Å². The average molecular weight is 223 g/mol. The van der Waals surface area contributed by atoms with E-state index in [1.54, 1.807) is 0 Å². The number of nitrogens with zero attached hydrogens (tertiary/aromatic N) is 2. The Morgan fingerprint density at radius 2 is 2.21 bits per heavy atom. The summed E-state index contributed by atoms with van der Waals surface area (Å²) < 4.78 is 24.6. The van der Waals surface area contributed by atoms with Crippen molar-refractivity contribution in [1.82, 2.24) is 4.98 Å². The molecule has 7 heteroatoms. The van der Waals surface area contributed by atoms with E-state index in [1.807, 2.05) is 0 Å². The molecule has 0 unspecified atom stereocenters. The number of pyridine rings is 1. The van der Waals surface area contributed by atoms with E-state index in [0.29, 0.717) is 6.07 Å². The number of alkyl halides is 2. The Hall–Kier alpha value is -1.30. The highest BCUT2D eigenvalue weighted by Crippen LogP contribution is 2.31. The van der Waals surface area contributed by atoms with Crippen LogP contribution in [0.3, 0.4) is 0 Å². The van der Waals surface area contributed by atoms with Gasteiger partial charge in [0.1, 0.15) is 0 Å². The fourth-order valence-corrected chi connectivity index (χ4v) is 1.10. The van der Waals surface area contributed by atoms with Gasteiger partial charge in [-0.05, 0) is 9.91 Å². The highest BCUT2D eigenvalue weighted by molar-refractivity contribution is 6.32. The molecule has 1 aromatic heterocycles. The SMILES string of the molecule is Cc1nc([N+](=O)[O-])cc(C(F)F)c1Cl. The van der Waals surface area contributed by atoms with Crippen LogP contribution in [0, 0.1) is 17.0 Å². The van der Waals surface area contributed by atoms with Crippen molar-refractivity contribution in [1.29, 1.82) is 0 Å². The number of hydrogen-bond acceptors (Lipinski definition) is 3. The van der Waals surface area contributed by atoms with E-state index in [9.17, 15) is 18.9 Å². The minimum Gasteiger partial charge on any atom is -0.358 e. The molecule has 0 aromatic carbocycles. The normalized spacial score (nSPS) is 10.6. The molecule has 0 spiro atoms. The molecule has 0 saturated heterocycles. The fourth-order valence-electron chi connectivity index (χ4n) is 0.917. The first-order valence-electron chi connectivity index (χ1n) is 3.53. The number of rotatable bonds is 2. The second-order valence-corrected chi connectivity index (χ2v) is 2.90. The van der Waals surface area contributed by atoms with Crippen LogP contribution in [0.25, 0.3) is 0 Å². The molecule has 0 N–H and O–H groups in total. The number of halogens is 3. The highest BCUT2D eigenvalue weighted by atomic mass is 35.5. The maximum absolute atomic E-state index is 12.3. The zero-order valence-electron chi connectivity index (χ0n) is 7.00. The molecular weight excluding hydrogens is 218 g/mol. The molecule has 14 heavy (non-hydrogen) atoms. The summed E-state index contributed by atoms with van der Waals surface area (Å²) in [6.07, 6.45) is -2.84. The zero-order valence-corrected chi connectivity index (χ0v) is 7.76. The Labute approximate surface area is 82.7 Å². The first-order chi connectivity index (χ1) is 6.43. The molecule has 0 bridgehead atoms. The molecule has 1 heterocycles. The van der Waals surface area contributed by atoms with Crippen LogP contribution in [0.2, 0.25) is 5.02 Å². The van der Waals surface area contributed by atoms with Crippen molar-refractivity contribution in [3.63, 3.8) is 0 Å². The lowest BCUT2D eigenvalue weighted by Crippen LogP contribution is -1.98. The third-order valence-corrected chi connectivity index (χ3v) is 2.05. The standard InChI is InChI=1S/C7H5ClF2N2O2/c1-3-6(8)4(7(9)10)2-5(11-3)12(13)14/h2,7H,1H3. The molecule has 1 aromatic rings. The van der Waals surface area contributed by atoms with E-state index in [-0.39, 0.29) is 10.7 Å². The van der Waals surface area contributed by atoms with Crippen LogP contribution >= 0.6 is 11.6 Å². The Balaban J connectivity index is 3.35. The van der Waals surface area contributed by atoms with Gasteiger partial charge in [-0.15, -0.1) is 0 Å². The Morgan fingerprint density at radius 1 is 1.64 bits per heavy atom. The van der Waals surface area contributed by atoms with Crippen LogP contribution in [0.15, 0.2) is 6.07 Å². The molecule has 0 saturated carbocycles. The minimum absolute atomic E-state index is 0.0242. The Bertz CT molecular complexity index is 384. The van der Waals surface area contributed by atoms with Gasteiger partial charge in [0.05, 0.1) is 5.02 Å². The van der Waals surface area contributed by atoms with Crippen LogP contribution in [-0.2, 0) is 0 Å². The summed E-state index contributed by atoms with van der Waals surface area (Å²) in [6, 6.07) is 0.681. The van der Waals surface area contributed by atoms with E-state index in [2.05, 4.69) is 4.98 Å². The van der Waals surface area contributed by atoms with Crippen molar-refractivity contribution in [2.45, 2.75) is 13.3 Å². The molecule has 4 nitrogen and oxygen atoms in total. The predicted octanol–water partition coefficient (Wildman–Crippen LogP) is 2.89. The predicted molar refractivity (Wildman–Crippen MR) is 45.6 cm³/mol. The molecule has 0 amide bonds. The second kappa shape index (κ2) is 3.83. The average Bonchev–Trinajstić information content (AvgIpc) is 2.08. The minimum atomic E-state index is -2.84. The lowest BCUT2D eigenvalue weighted by atomic mass is 10.2. The van der Waals surface area contributed by atoms with E-state index in [1.165, 1.54) is 6.92 Å². The second-order valence-electron chi connectivity index (χ2n) is 2.53. The van der Waals surface area contributed by atoms with Crippen LogP contribution in [0.1, 0.15) is 17.7 Å². The summed E-state index contributed by atoms with van der Waals surface area (Å²) in [6.45, 7) is 1.33. The first-order valence-corrected chi connectivity index (χ1v) is 3.91. The maximum Gasteiger partial charge on any atom is 0.364 e. The van der Waals surface area contributed by atoms with Gasteiger partial charge in [0.2, 0.25) is 0 Å². The topological polar surface area (TPSA) is 56.0 Å². The number of aryl methyl sites for hydroxylation is 1. The van der Waals surface area contributed by atoms with E-state index in [0.717, 1.165) is 0 Å². The first kappa shape index (κ1) is 10.8. The van der Waals surface area contributed by atoms with Gasteiger partial charge in [-0.2, -0.15) is 0 Å².